The van der Waals surface area contributed by atoms with Crippen molar-refractivity contribution in [1.82, 2.24) is 5.32 Å². The van der Waals surface area contributed by atoms with Gasteiger partial charge in [-0.25, -0.2) is 0 Å². The number of nitrogens with one attached hydrogen (secondary N) is 1. The van der Waals surface area contributed by atoms with Crippen LogP contribution < -0.4 is 15.0 Å². The molecule has 1 aliphatic rings. The average molecular weight is 360 g/mol. The Morgan fingerprint density at radius 2 is 2.00 bits per heavy atom. The summed E-state index contributed by atoms with van der Waals surface area (Å²) in [5, 5.41) is 2.95. The first kappa shape index (κ1) is 20.3. The molecule has 0 fully saturated rings. The minimum absolute atomic E-state index is 0.000427. The number of carbonyl (C=O) groups excluding carboxylic acids is 2. The van der Waals surface area contributed by atoms with Crippen LogP contribution in [0, 0.1) is 0 Å². The highest BCUT2D eigenvalue weighted by molar-refractivity contribution is 5.98. The molecule has 2 rings (SSSR count). The Hall–Kier alpha value is -2.04. The predicted octanol–water partition coefficient (Wildman–Crippen LogP) is 3.80. The van der Waals surface area contributed by atoms with E-state index in [1.807, 2.05) is 12.1 Å². The molecular weight excluding hydrogens is 328 g/mol. The summed E-state index contributed by atoms with van der Waals surface area (Å²) in [5.74, 6) is 0.749. The summed E-state index contributed by atoms with van der Waals surface area (Å²) >= 11 is 0. The number of ether oxygens (including phenoxy) is 1. The Balaban J connectivity index is 1.95. The van der Waals surface area contributed by atoms with Gasteiger partial charge in [0, 0.05) is 19.5 Å². The van der Waals surface area contributed by atoms with Gasteiger partial charge in [0.25, 0.3) is 5.91 Å². The lowest BCUT2D eigenvalue weighted by molar-refractivity contribution is -0.122. The summed E-state index contributed by atoms with van der Waals surface area (Å²) in [7, 11) is 0. The van der Waals surface area contributed by atoms with E-state index < -0.39 is 0 Å². The highest BCUT2D eigenvalue weighted by atomic mass is 16.5. The van der Waals surface area contributed by atoms with Crippen LogP contribution in [-0.4, -0.2) is 31.5 Å². The highest BCUT2D eigenvalue weighted by Gasteiger charge is 2.27. The van der Waals surface area contributed by atoms with E-state index in [2.05, 4.69) is 39.1 Å². The zero-order chi connectivity index (χ0) is 19.2. The Bertz CT molecular complexity index is 635. The van der Waals surface area contributed by atoms with Crippen LogP contribution in [0.1, 0.15) is 65.4 Å². The van der Waals surface area contributed by atoms with Gasteiger partial charge in [-0.05, 0) is 36.0 Å². The van der Waals surface area contributed by atoms with E-state index in [-0.39, 0.29) is 23.8 Å². The maximum absolute atomic E-state index is 12.3. The van der Waals surface area contributed by atoms with Crippen LogP contribution in [0.5, 0.6) is 5.75 Å². The second kappa shape index (κ2) is 9.06. The van der Waals surface area contributed by atoms with Gasteiger partial charge in [0.15, 0.2) is 6.61 Å². The maximum Gasteiger partial charge on any atom is 0.265 e. The quantitative estimate of drug-likeness (QED) is 0.718. The summed E-state index contributed by atoms with van der Waals surface area (Å²) < 4.78 is 5.57. The van der Waals surface area contributed by atoms with Crippen molar-refractivity contribution in [2.24, 2.45) is 0 Å². The zero-order valence-electron chi connectivity index (χ0n) is 16.6. The van der Waals surface area contributed by atoms with Crippen LogP contribution in [0.15, 0.2) is 18.2 Å². The van der Waals surface area contributed by atoms with Crippen molar-refractivity contribution in [3.63, 3.8) is 0 Å². The Morgan fingerprint density at radius 3 is 2.69 bits per heavy atom. The van der Waals surface area contributed by atoms with E-state index in [9.17, 15) is 9.59 Å². The Kier molecular flexibility index (Phi) is 7.06. The lowest BCUT2D eigenvalue weighted by Crippen LogP contribution is -2.40. The number of unbranched alkanes of at least 4 members (excludes halogenated alkanes) is 2. The van der Waals surface area contributed by atoms with E-state index in [0.29, 0.717) is 19.4 Å². The second-order valence-corrected chi connectivity index (χ2v) is 7.93. The van der Waals surface area contributed by atoms with Crippen molar-refractivity contribution in [3.8, 4) is 5.75 Å². The first-order chi connectivity index (χ1) is 12.3. The van der Waals surface area contributed by atoms with E-state index >= 15 is 0 Å². The first-order valence-corrected chi connectivity index (χ1v) is 9.67. The van der Waals surface area contributed by atoms with Gasteiger partial charge in [0.1, 0.15) is 5.75 Å². The van der Waals surface area contributed by atoms with Gasteiger partial charge >= 0.3 is 0 Å². The molecule has 0 bridgehead atoms. The van der Waals surface area contributed by atoms with Crippen molar-refractivity contribution in [2.45, 2.75) is 65.2 Å². The highest BCUT2D eigenvalue weighted by Crippen LogP contribution is 2.36. The maximum atomic E-state index is 12.3. The van der Waals surface area contributed by atoms with Crippen molar-refractivity contribution >= 4 is 17.5 Å². The SMILES string of the molecule is CCCCCNC(=O)CCCN1C(=O)COc2ccc(C(C)(C)C)cc21. The molecule has 5 heteroatoms. The van der Waals surface area contributed by atoms with Crippen LogP contribution in [0.4, 0.5) is 5.69 Å². The fourth-order valence-corrected chi connectivity index (χ4v) is 3.00. The summed E-state index contributed by atoms with van der Waals surface area (Å²) in [5.41, 5.74) is 1.98. The lowest BCUT2D eigenvalue weighted by Gasteiger charge is -2.31. The molecule has 5 nitrogen and oxygen atoms in total. The molecule has 1 aromatic rings. The van der Waals surface area contributed by atoms with E-state index in [4.69, 9.17) is 4.74 Å². The van der Waals surface area contributed by atoms with Crippen molar-refractivity contribution in [2.75, 3.05) is 24.6 Å². The first-order valence-electron chi connectivity index (χ1n) is 9.67. The fourth-order valence-electron chi connectivity index (χ4n) is 3.00. The third-order valence-corrected chi connectivity index (χ3v) is 4.66. The molecule has 0 saturated carbocycles. The van der Waals surface area contributed by atoms with Crippen molar-refractivity contribution in [3.05, 3.63) is 23.8 Å². The Labute approximate surface area is 157 Å². The molecule has 1 N–H and O–H groups in total. The number of nitrogens with zero attached hydrogens (tertiary/aromatic N) is 1. The molecule has 0 radical (unpaired) electrons. The van der Waals surface area contributed by atoms with Crippen LogP contribution in [-0.2, 0) is 15.0 Å². The molecule has 144 valence electrons. The average Bonchev–Trinajstić information content (AvgIpc) is 2.59. The number of carbonyl (C=O) groups is 2. The summed E-state index contributed by atoms with van der Waals surface area (Å²) in [4.78, 5) is 26.0. The molecule has 1 aliphatic heterocycles. The molecule has 0 aliphatic carbocycles. The number of rotatable bonds is 8. The number of amides is 2. The van der Waals surface area contributed by atoms with E-state index in [1.54, 1.807) is 4.90 Å². The van der Waals surface area contributed by atoms with Crippen molar-refractivity contribution < 1.29 is 14.3 Å². The number of fused-ring (bicyclic) bond motifs is 1. The number of hydrogen-bond acceptors (Lipinski definition) is 3. The fraction of sp³-hybridized carbons (Fsp3) is 0.619. The van der Waals surface area contributed by atoms with Crippen LogP contribution in [0.2, 0.25) is 0 Å². The normalized spacial score (nSPS) is 14.0. The molecular formula is C21H32N2O3. The van der Waals surface area contributed by atoms with Gasteiger partial charge in [-0.2, -0.15) is 0 Å². The van der Waals surface area contributed by atoms with E-state index in [0.717, 1.165) is 42.8 Å². The molecule has 0 unspecified atom stereocenters. The van der Waals surface area contributed by atoms with Gasteiger partial charge in [-0.3, -0.25) is 9.59 Å². The molecule has 2 amide bonds. The molecule has 0 saturated heterocycles. The standard InChI is InChI=1S/C21H32N2O3/c1-5-6-7-12-22-19(24)9-8-13-23-17-14-16(21(2,3)4)10-11-18(17)26-15-20(23)25/h10-11,14H,5-9,12-13,15H2,1-4H3,(H,22,24). The predicted molar refractivity (Wildman–Crippen MR) is 105 cm³/mol. The van der Waals surface area contributed by atoms with Gasteiger partial charge in [-0.1, -0.05) is 46.6 Å². The molecule has 0 aromatic heterocycles. The number of anilines is 1. The third kappa shape index (κ3) is 5.48. The molecule has 26 heavy (non-hydrogen) atoms. The topological polar surface area (TPSA) is 58.6 Å². The Morgan fingerprint density at radius 1 is 1.23 bits per heavy atom. The number of hydrogen-bond donors (Lipinski definition) is 1. The van der Waals surface area contributed by atoms with Gasteiger partial charge < -0.3 is 15.0 Å². The summed E-state index contributed by atoms with van der Waals surface area (Å²) in [6.45, 7) is 9.91. The minimum atomic E-state index is -0.0492. The minimum Gasteiger partial charge on any atom is -0.482 e. The zero-order valence-corrected chi connectivity index (χ0v) is 16.6. The lowest BCUT2D eigenvalue weighted by atomic mass is 9.86. The molecule has 0 spiro atoms. The monoisotopic (exact) mass is 360 g/mol. The smallest absolute Gasteiger partial charge is 0.265 e. The molecule has 0 atom stereocenters. The van der Waals surface area contributed by atoms with E-state index in [1.165, 1.54) is 0 Å². The largest absolute Gasteiger partial charge is 0.482 e. The van der Waals surface area contributed by atoms with Crippen LogP contribution >= 0.6 is 0 Å². The summed E-state index contributed by atoms with van der Waals surface area (Å²) in [6, 6.07) is 6.03. The van der Waals surface area contributed by atoms with Gasteiger partial charge in [-0.15, -0.1) is 0 Å². The summed E-state index contributed by atoms with van der Waals surface area (Å²) in [6.07, 6.45) is 4.38. The molecule has 1 heterocycles. The number of benzene rings is 1. The van der Waals surface area contributed by atoms with Crippen LogP contribution in [0.25, 0.3) is 0 Å². The second-order valence-electron chi connectivity index (χ2n) is 7.93. The third-order valence-electron chi connectivity index (χ3n) is 4.66. The van der Waals surface area contributed by atoms with Crippen molar-refractivity contribution in [1.29, 1.82) is 0 Å². The molecule has 1 aromatic carbocycles. The van der Waals surface area contributed by atoms with Crippen LogP contribution in [0.3, 0.4) is 0 Å². The van der Waals surface area contributed by atoms with Gasteiger partial charge in [0.05, 0.1) is 5.69 Å². The van der Waals surface area contributed by atoms with Gasteiger partial charge in [0.2, 0.25) is 5.91 Å².